The summed E-state index contributed by atoms with van der Waals surface area (Å²) in [6.07, 6.45) is 1.94. The Labute approximate surface area is 142 Å². The van der Waals surface area contributed by atoms with Crippen LogP contribution in [0.4, 0.5) is 14.7 Å². The Hall–Kier alpha value is -2.39. The highest BCUT2D eigenvalue weighted by molar-refractivity contribution is 5.60. The molecule has 1 saturated heterocycles. The average molecular weight is 352 g/mol. The normalized spacial score (nSPS) is 16.6. The van der Waals surface area contributed by atoms with Crippen molar-refractivity contribution in [3.63, 3.8) is 0 Å². The number of aliphatic hydroxyl groups excluding tert-OH is 1. The van der Waals surface area contributed by atoms with Crippen LogP contribution in [-0.2, 0) is 4.74 Å². The SMILES string of the molecule is O=c1cc(-c2nc(NC3CCOCC3)ncc2F)ccn1C(F)CO. The zero-order valence-corrected chi connectivity index (χ0v) is 13.4. The summed E-state index contributed by atoms with van der Waals surface area (Å²) in [4.78, 5) is 20.0. The zero-order valence-electron chi connectivity index (χ0n) is 13.4. The second-order valence-corrected chi connectivity index (χ2v) is 5.70. The number of pyridine rings is 1. The van der Waals surface area contributed by atoms with Gasteiger partial charge in [0.25, 0.3) is 5.56 Å². The van der Waals surface area contributed by atoms with Gasteiger partial charge in [0.2, 0.25) is 12.2 Å². The van der Waals surface area contributed by atoms with E-state index in [1.807, 2.05) is 0 Å². The molecule has 0 bridgehead atoms. The summed E-state index contributed by atoms with van der Waals surface area (Å²) in [5.74, 6) is -0.431. The fourth-order valence-electron chi connectivity index (χ4n) is 2.62. The zero-order chi connectivity index (χ0) is 17.8. The first-order valence-electron chi connectivity index (χ1n) is 7.93. The number of halogens is 2. The molecule has 1 unspecified atom stereocenters. The molecule has 0 spiro atoms. The quantitative estimate of drug-likeness (QED) is 0.848. The van der Waals surface area contributed by atoms with Crippen LogP contribution in [0, 0.1) is 5.82 Å². The van der Waals surface area contributed by atoms with Crippen molar-refractivity contribution in [2.75, 3.05) is 25.1 Å². The predicted molar refractivity (Wildman–Crippen MR) is 86.4 cm³/mol. The van der Waals surface area contributed by atoms with Gasteiger partial charge in [0, 0.05) is 37.1 Å². The van der Waals surface area contributed by atoms with E-state index in [1.165, 1.54) is 6.07 Å². The maximum absolute atomic E-state index is 14.1. The molecule has 1 atom stereocenters. The molecule has 2 N–H and O–H groups in total. The lowest BCUT2D eigenvalue weighted by Gasteiger charge is -2.23. The highest BCUT2D eigenvalue weighted by atomic mass is 19.1. The number of anilines is 1. The second-order valence-electron chi connectivity index (χ2n) is 5.70. The molecule has 3 heterocycles. The molecule has 3 rings (SSSR count). The smallest absolute Gasteiger partial charge is 0.253 e. The van der Waals surface area contributed by atoms with Gasteiger partial charge in [-0.15, -0.1) is 0 Å². The van der Waals surface area contributed by atoms with Gasteiger partial charge in [-0.25, -0.2) is 18.7 Å². The first-order chi connectivity index (χ1) is 12.1. The first-order valence-corrected chi connectivity index (χ1v) is 7.93. The third-order valence-corrected chi connectivity index (χ3v) is 3.97. The third kappa shape index (κ3) is 3.99. The lowest BCUT2D eigenvalue weighted by Crippen LogP contribution is -2.28. The molecule has 1 aliphatic rings. The number of ether oxygens (including phenoxy) is 1. The number of alkyl halides is 1. The monoisotopic (exact) mass is 352 g/mol. The Morgan fingerprint density at radius 2 is 2.20 bits per heavy atom. The summed E-state index contributed by atoms with van der Waals surface area (Å²) in [6.45, 7) is 0.457. The molecule has 1 fully saturated rings. The molecule has 0 amide bonds. The molecule has 0 radical (unpaired) electrons. The highest BCUT2D eigenvalue weighted by Crippen LogP contribution is 2.21. The van der Waals surface area contributed by atoms with E-state index < -0.39 is 24.3 Å². The van der Waals surface area contributed by atoms with Gasteiger partial charge in [-0.2, -0.15) is 0 Å². The van der Waals surface area contributed by atoms with Gasteiger partial charge in [0.05, 0.1) is 12.8 Å². The molecule has 25 heavy (non-hydrogen) atoms. The number of nitrogens with one attached hydrogen (secondary N) is 1. The van der Waals surface area contributed by atoms with Crippen LogP contribution in [-0.4, -0.2) is 45.5 Å². The van der Waals surface area contributed by atoms with E-state index >= 15 is 0 Å². The predicted octanol–water partition coefficient (Wildman–Crippen LogP) is 1.50. The van der Waals surface area contributed by atoms with Crippen LogP contribution in [0.5, 0.6) is 0 Å². The molecular weight excluding hydrogens is 334 g/mol. The molecule has 0 saturated carbocycles. The summed E-state index contributed by atoms with van der Waals surface area (Å²) in [7, 11) is 0. The Kier molecular flexibility index (Phi) is 5.34. The maximum Gasteiger partial charge on any atom is 0.253 e. The Bertz CT molecular complexity index is 793. The molecule has 1 aliphatic heterocycles. The van der Waals surface area contributed by atoms with Gasteiger partial charge >= 0.3 is 0 Å². The molecule has 2 aromatic heterocycles. The van der Waals surface area contributed by atoms with Crippen molar-refractivity contribution >= 4 is 5.95 Å². The van der Waals surface area contributed by atoms with Crippen molar-refractivity contribution in [1.29, 1.82) is 0 Å². The van der Waals surface area contributed by atoms with Crippen LogP contribution in [0.3, 0.4) is 0 Å². The average Bonchev–Trinajstić information content (AvgIpc) is 2.63. The summed E-state index contributed by atoms with van der Waals surface area (Å²) >= 11 is 0. The van der Waals surface area contributed by atoms with E-state index in [-0.39, 0.29) is 23.2 Å². The maximum atomic E-state index is 14.1. The van der Waals surface area contributed by atoms with E-state index in [0.717, 1.165) is 35.9 Å². The number of hydrogen-bond donors (Lipinski definition) is 2. The topological polar surface area (TPSA) is 89.3 Å². The van der Waals surface area contributed by atoms with E-state index in [0.29, 0.717) is 13.2 Å². The van der Waals surface area contributed by atoms with E-state index in [9.17, 15) is 13.6 Å². The molecule has 0 aromatic carbocycles. The molecule has 0 aliphatic carbocycles. The molecule has 9 heteroatoms. The first kappa shape index (κ1) is 17.4. The van der Waals surface area contributed by atoms with Crippen molar-refractivity contribution in [3.05, 3.63) is 40.7 Å². The van der Waals surface area contributed by atoms with Crippen LogP contribution >= 0.6 is 0 Å². The number of hydrogen-bond acceptors (Lipinski definition) is 6. The number of nitrogens with zero attached hydrogens (tertiary/aromatic N) is 3. The van der Waals surface area contributed by atoms with Crippen LogP contribution < -0.4 is 10.9 Å². The Balaban J connectivity index is 1.87. The van der Waals surface area contributed by atoms with Gasteiger partial charge < -0.3 is 15.2 Å². The minimum atomic E-state index is -1.84. The fourth-order valence-corrected chi connectivity index (χ4v) is 2.62. The molecule has 134 valence electrons. The molecular formula is C16H18F2N4O3. The Morgan fingerprint density at radius 3 is 2.88 bits per heavy atom. The Morgan fingerprint density at radius 1 is 1.44 bits per heavy atom. The van der Waals surface area contributed by atoms with Gasteiger partial charge in [-0.1, -0.05) is 0 Å². The standard InChI is InChI=1S/C16H18F2N4O3/c17-12-8-19-16(20-11-2-5-25-6-3-11)21-15(12)10-1-4-22(13(18)9-23)14(24)7-10/h1,4,7-8,11,13,23H,2-3,5-6,9H2,(H,19,20,21). The minimum absolute atomic E-state index is 0.0479. The van der Waals surface area contributed by atoms with Crippen LogP contribution in [0.15, 0.2) is 29.3 Å². The minimum Gasteiger partial charge on any atom is -0.391 e. The second kappa shape index (κ2) is 7.66. The van der Waals surface area contributed by atoms with Gasteiger partial charge in [0.1, 0.15) is 5.69 Å². The van der Waals surface area contributed by atoms with Crippen LogP contribution in [0.1, 0.15) is 19.1 Å². The summed E-state index contributed by atoms with van der Waals surface area (Å²) in [5.41, 5.74) is -0.537. The molecule has 7 nitrogen and oxygen atoms in total. The van der Waals surface area contributed by atoms with E-state index in [2.05, 4.69) is 15.3 Å². The fraction of sp³-hybridized carbons (Fsp3) is 0.438. The summed E-state index contributed by atoms with van der Waals surface area (Å²) < 4.78 is 33.6. The van der Waals surface area contributed by atoms with Gasteiger partial charge in [0.15, 0.2) is 5.82 Å². The highest BCUT2D eigenvalue weighted by Gasteiger charge is 2.17. The van der Waals surface area contributed by atoms with Crippen molar-refractivity contribution < 1.29 is 18.6 Å². The van der Waals surface area contributed by atoms with Crippen LogP contribution in [0.2, 0.25) is 0 Å². The number of aliphatic hydroxyl groups is 1. The largest absolute Gasteiger partial charge is 0.391 e. The van der Waals surface area contributed by atoms with Gasteiger partial charge in [-0.05, 0) is 18.9 Å². The van der Waals surface area contributed by atoms with Crippen molar-refractivity contribution in [2.45, 2.75) is 25.2 Å². The summed E-state index contributed by atoms with van der Waals surface area (Å²) in [6, 6.07) is 2.58. The van der Waals surface area contributed by atoms with Gasteiger partial charge in [-0.3, -0.25) is 9.36 Å². The number of aromatic nitrogens is 3. The van der Waals surface area contributed by atoms with Crippen molar-refractivity contribution in [1.82, 2.24) is 14.5 Å². The third-order valence-electron chi connectivity index (χ3n) is 3.97. The van der Waals surface area contributed by atoms with Crippen molar-refractivity contribution in [3.8, 4) is 11.3 Å². The lowest BCUT2D eigenvalue weighted by molar-refractivity contribution is 0.0903. The lowest BCUT2D eigenvalue weighted by atomic mass is 10.1. The molecule has 2 aromatic rings. The van der Waals surface area contributed by atoms with E-state index in [4.69, 9.17) is 9.84 Å². The van der Waals surface area contributed by atoms with Crippen molar-refractivity contribution in [2.24, 2.45) is 0 Å². The van der Waals surface area contributed by atoms with E-state index in [1.54, 1.807) is 0 Å². The van der Waals surface area contributed by atoms with Crippen LogP contribution in [0.25, 0.3) is 11.3 Å². The number of rotatable bonds is 5. The summed E-state index contributed by atoms with van der Waals surface area (Å²) in [5, 5.41) is 11.9.